The second kappa shape index (κ2) is 10.9. The van der Waals surface area contributed by atoms with E-state index < -0.39 is 0 Å². The molecule has 0 unspecified atom stereocenters. The minimum absolute atomic E-state index is 0.229. The fraction of sp³-hybridized carbons (Fsp3) is 0.148. The molecule has 0 radical (unpaired) electrons. The Morgan fingerprint density at radius 1 is 1.05 bits per heavy atom. The molecule has 1 amide bonds. The van der Waals surface area contributed by atoms with Crippen LogP contribution in [0.25, 0.3) is 17.1 Å². The van der Waals surface area contributed by atoms with E-state index >= 15 is 0 Å². The van der Waals surface area contributed by atoms with Crippen LogP contribution in [0.3, 0.4) is 0 Å². The van der Waals surface area contributed by atoms with Gasteiger partial charge in [0.1, 0.15) is 16.5 Å². The lowest BCUT2D eigenvalue weighted by Gasteiger charge is -2.13. The number of methoxy groups -OCH3 is 1. The Labute approximate surface area is 222 Å². The molecule has 0 spiro atoms. The van der Waals surface area contributed by atoms with E-state index in [2.05, 4.69) is 25.5 Å². The summed E-state index contributed by atoms with van der Waals surface area (Å²) in [4.78, 5) is 21.4. The molecule has 3 aromatic heterocycles. The minimum Gasteiger partial charge on any atom is -0.495 e. The molecule has 0 saturated carbocycles. The van der Waals surface area contributed by atoms with Crippen LogP contribution in [0, 0.1) is 13.8 Å². The van der Waals surface area contributed by atoms with Crippen molar-refractivity contribution in [2.45, 2.75) is 24.8 Å². The molecular weight excluding hydrogens is 504 g/mol. The Morgan fingerprint density at radius 2 is 1.86 bits per heavy atom. The van der Waals surface area contributed by atoms with Gasteiger partial charge in [0.25, 0.3) is 5.91 Å². The highest BCUT2D eigenvalue weighted by atomic mass is 32.2. The average molecular weight is 529 g/mol. The van der Waals surface area contributed by atoms with Crippen molar-refractivity contribution >= 4 is 34.7 Å². The van der Waals surface area contributed by atoms with Gasteiger partial charge in [-0.05, 0) is 61.4 Å². The van der Waals surface area contributed by atoms with Crippen LogP contribution < -0.4 is 10.1 Å². The zero-order valence-electron chi connectivity index (χ0n) is 20.5. The largest absolute Gasteiger partial charge is 0.495 e. The van der Waals surface area contributed by atoms with Gasteiger partial charge in [-0.3, -0.25) is 14.3 Å². The highest BCUT2D eigenvalue weighted by molar-refractivity contribution is 7.98. The third-order valence-electron chi connectivity index (χ3n) is 5.77. The number of pyridine rings is 1. The van der Waals surface area contributed by atoms with Crippen LogP contribution in [0.5, 0.6) is 5.75 Å². The molecule has 1 N–H and O–H groups in total. The first kappa shape index (κ1) is 24.7. The van der Waals surface area contributed by atoms with Gasteiger partial charge in [0, 0.05) is 29.0 Å². The number of aromatic nitrogens is 5. The highest BCUT2D eigenvalue weighted by Crippen LogP contribution is 2.33. The lowest BCUT2D eigenvalue weighted by Crippen LogP contribution is -2.12. The number of hydrogen-bond donors (Lipinski definition) is 1. The molecule has 0 aliphatic carbocycles. The Bertz CT molecular complexity index is 1550. The molecule has 5 aromatic rings. The summed E-state index contributed by atoms with van der Waals surface area (Å²) in [5, 5.41) is 15.2. The second-order valence-corrected chi connectivity index (χ2v) is 10.1. The van der Waals surface area contributed by atoms with Gasteiger partial charge in [0.15, 0.2) is 11.0 Å². The Morgan fingerprint density at radius 3 is 2.65 bits per heavy atom. The van der Waals surface area contributed by atoms with Crippen molar-refractivity contribution in [2.24, 2.45) is 0 Å². The number of nitrogens with one attached hydrogen (secondary N) is 1. The number of aryl methyl sites for hydroxylation is 2. The zero-order chi connectivity index (χ0) is 25.8. The Balaban J connectivity index is 1.37. The van der Waals surface area contributed by atoms with Crippen molar-refractivity contribution in [3.8, 4) is 22.8 Å². The molecule has 0 bridgehead atoms. The van der Waals surface area contributed by atoms with Crippen LogP contribution in [0.1, 0.15) is 26.6 Å². The maximum Gasteiger partial charge on any atom is 0.275 e. The summed E-state index contributed by atoms with van der Waals surface area (Å²) in [6.07, 6.45) is 3.45. The number of thiazole rings is 1. The first-order valence-corrected chi connectivity index (χ1v) is 13.3. The summed E-state index contributed by atoms with van der Waals surface area (Å²) in [6, 6.07) is 17.4. The summed E-state index contributed by atoms with van der Waals surface area (Å²) in [5.41, 5.74) is 5.17. The van der Waals surface area contributed by atoms with E-state index in [1.54, 1.807) is 24.9 Å². The summed E-state index contributed by atoms with van der Waals surface area (Å²) in [5.74, 6) is 1.69. The number of nitrogens with zero attached hydrogens (tertiary/aromatic N) is 5. The van der Waals surface area contributed by atoms with Gasteiger partial charge in [-0.2, -0.15) is 0 Å². The normalized spacial score (nSPS) is 10.9. The quantitative estimate of drug-likeness (QED) is 0.249. The van der Waals surface area contributed by atoms with Gasteiger partial charge in [-0.1, -0.05) is 30.0 Å². The molecule has 0 aliphatic rings. The summed E-state index contributed by atoms with van der Waals surface area (Å²) < 4.78 is 7.59. The minimum atomic E-state index is -0.229. The van der Waals surface area contributed by atoms with Crippen molar-refractivity contribution in [3.05, 3.63) is 94.2 Å². The van der Waals surface area contributed by atoms with Crippen LogP contribution >= 0.6 is 23.1 Å². The molecular formula is C27H24N6O2S2. The third-order valence-corrected chi connectivity index (χ3v) is 7.74. The molecule has 10 heteroatoms. The molecule has 0 fully saturated rings. The predicted octanol–water partition coefficient (Wildman–Crippen LogP) is 5.96. The van der Waals surface area contributed by atoms with Gasteiger partial charge < -0.3 is 10.1 Å². The topological polar surface area (TPSA) is 94.8 Å². The molecule has 37 heavy (non-hydrogen) atoms. The number of amides is 1. The van der Waals surface area contributed by atoms with E-state index in [-0.39, 0.29) is 5.91 Å². The molecule has 3 heterocycles. The number of benzene rings is 2. The first-order chi connectivity index (χ1) is 18.0. The third kappa shape index (κ3) is 5.40. The first-order valence-electron chi connectivity index (χ1n) is 11.5. The van der Waals surface area contributed by atoms with Gasteiger partial charge in [-0.25, -0.2) is 4.98 Å². The highest BCUT2D eigenvalue weighted by Gasteiger charge is 2.20. The van der Waals surface area contributed by atoms with E-state index in [4.69, 9.17) is 4.74 Å². The lowest BCUT2D eigenvalue weighted by atomic mass is 10.1. The fourth-order valence-corrected chi connectivity index (χ4v) is 5.44. The molecule has 186 valence electrons. The van der Waals surface area contributed by atoms with Crippen molar-refractivity contribution in [3.63, 3.8) is 0 Å². The maximum absolute atomic E-state index is 12.7. The van der Waals surface area contributed by atoms with Crippen LogP contribution in [-0.4, -0.2) is 37.7 Å². The number of carbonyl (C=O) groups is 1. The molecule has 0 atom stereocenters. The van der Waals surface area contributed by atoms with E-state index in [1.165, 1.54) is 28.7 Å². The predicted molar refractivity (Wildman–Crippen MR) is 147 cm³/mol. The summed E-state index contributed by atoms with van der Waals surface area (Å²) in [7, 11) is 1.64. The SMILES string of the molecule is COc1ccccc1-n1c(SCc2nc(C(=O)Nc3ccc(C)c(C)c3)cs2)nnc1-c1ccncc1. The number of hydrogen-bond acceptors (Lipinski definition) is 8. The van der Waals surface area contributed by atoms with Gasteiger partial charge in [0.2, 0.25) is 0 Å². The van der Waals surface area contributed by atoms with Gasteiger partial charge in [0.05, 0.1) is 18.6 Å². The van der Waals surface area contributed by atoms with Crippen molar-refractivity contribution in [2.75, 3.05) is 12.4 Å². The lowest BCUT2D eigenvalue weighted by molar-refractivity contribution is 0.102. The van der Waals surface area contributed by atoms with Gasteiger partial charge >= 0.3 is 0 Å². The molecule has 2 aromatic carbocycles. The zero-order valence-corrected chi connectivity index (χ0v) is 22.1. The number of anilines is 1. The van der Waals surface area contributed by atoms with Crippen LogP contribution in [0.15, 0.2) is 77.5 Å². The Kier molecular flexibility index (Phi) is 7.29. The van der Waals surface area contributed by atoms with Crippen molar-refractivity contribution in [1.29, 1.82) is 0 Å². The number of thioether (sulfide) groups is 1. The standard InChI is InChI=1S/C27H24N6O2S2/c1-17-8-9-20(14-18(17)2)29-26(34)21-15-36-24(30-21)16-37-27-32-31-25(19-10-12-28-13-11-19)33(27)22-6-4-5-7-23(22)35-3/h4-15H,16H2,1-3H3,(H,29,34). The Hall–Kier alpha value is -4.02. The number of rotatable bonds is 8. The van der Waals surface area contributed by atoms with Crippen molar-refractivity contribution in [1.82, 2.24) is 24.7 Å². The van der Waals surface area contributed by atoms with E-state index in [9.17, 15) is 4.79 Å². The van der Waals surface area contributed by atoms with E-state index in [1.807, 2.05) is 73.0 Å². The maximum atomic E-state index is 12.7. The fourth-order valence-electron chi connectivity index (χ4n) is 3.71. The number of ether oxygens (including phenoxy) is 1. The van der Waals surface area contributed by atoms with Crippen LogP contribution in [-0.2, 0) is 5.75 Å². The monoisotopic (exact) mass is 528 g/mol. The molecule has 0 saturated heterocycles. The average Bonchev–Trinajstić information content (AvgIpc) is 3.57. The van der Waals surface area contributed by atoms with Crippen molar-refractivity contribution < 1.29 is 9.53 Å². The molecule has 5 rings (SSSR count). The van der Waals surface area contributed by atoms with E-state index in [0.29, 0.717) is 28.2 Å². The van der Waals surface area contributed by atoms with Gasteiger partial charge in [-0.15, -0.1) is 21.5 Å². The smallest absolute Gasteiger partial charge is 0.275 e. The van der Waals surface area contributed by atoms with E-state index in [0.717, 1.165) is 27.5 Å². The van der Waals surface area contributed by atoms with Crippen LogP contribution in [0.2, 0.25) is 0 Å². The summed E-state index contributed by atoms with van der Waals surface area (Å²) >= 11 is 2.94. The number of para-hydroxylation sites is 2. The molecule has 0 aliphatic heterocycles. The second-order valence-electron chi connectivity index (χ2n) is 8.22. The summed E-state index contributed by atoms with van der Waals surface area (Å²) in [6.45, 7) is 4.06. The van der Waals surface area contributed by atoms with Crippen LogP contribution in [0.4, 0.5) is 5.69 Å². The molecule has 8 nitrogen and oxygen atoms in total. The number of carbonyl (C=O) groups excluding carboxylic acids is 1.